The van der Waals surface area contributed by atoms with Crippen molar-refractivity contribution in [2.24, 2.45) is 11.8 Å². The van der Waals surface area contributed by atoms with Crippen LogP contribution in [0.2, 0.25) is 0 Å². The van der Waals surface area contributed by atoms with E-state index in [4.69, 9.17) is 4.74 Å². The Bertz CT molecular complexity index is 347. The van der Waals surface area contributed by atoms with Crippen LogP contribution in [0, 0.1) is 11.8 Å². The maximum atomic E-state index is 12.3. The molecule has 0 aliphatic carbocycles. The van der Waals surface area contributed by atoms with Gasteiger partial charge in [-0.05, 0) is 57.0 Å². The van der Waals surface area contributed by atoms with E-state index in [9.17, 15) is 4.79 Å². The first-order valence-electron chi connectivity index (χ1n) is 9.40. The van der Waals surface area contributed by atoms with Gasteiger partial charge >= 0.3 is 0 Å². The standard InChI is InChI=1S/C18H35N3O2.2ClH/c1-15(16-5-3-8-19-14-16)13-18(22)20-17-6-10-21(11-7-17)9-4-12-23-2;;/h15-17,19H,3-14H2,1-2H3,(H,20,22);2*1H. The molecule has 2 rings (SSSR count). The Morgan fingerprint density at radius 3 is 2.60 bits per heavy atom. The van der Waals surface area contributed by atoms with Crippen molar-refractivity contribution in [3.05, 3.63) is 0 Å². The van der Waals surface area contributed by atoms with Gasteiger partial charge in [0.25, 0.3) is 0 Å². The highest BCUT2D eigenvalue weighted by Gasteiger charge is 2.24. The first kappa shape index (κ1) is 24.9. The van der Waals surface area contributed by atoms with Gasteiger partial charge in [0.15, 0.2) is 0 Å². The van der Waals surface area contributed by atoms with E-state index in [0.29, 0.717) is 24.3 Å². The average molecular weight is 398 g/mol. The van der Waals surface area contributed by atoms with Gasteiger partial charge in [0.2, 0.25) is 5.91 Å². The topological polar surface area (TPSA) is 53.6 Å². The van der Waals surface area contributed by atoms with E-state index in [0.717, 1.165) is 58.6 Å². The van der Waals surface area contributed by atoms with E-state index in [-0.39, 0.29) is 30.7 Å². The van der Waals surface area contributed by atoms with Gasteiger partial charge in [0, 0.05) is 45.8 Å². The molecule has 1 amide bonds. The largest absolute Gasteiger partial charge is 0.385 e. The van der Waals surface area contributed by atoms with Crippen LogP contribution in [0.5, 0.6) is 0 Å². The number of nitrogens with zero attached hydrogens (tertiary/aromatic N) is 1. The number of rotatable bonds is 8. The normalized spacial score (nSPS) is 23.2. The molecule has 0 aromatic heterocycles. The summed E-state index contributed by atoms with van der Waals surface area (Å²) in [6, 6.07) is 0.373. The Kier molecular flexibility index (Phi) is 14.0. The highest BCUT2D eigenvalue weighted by molar-refractivity contribution is 5.85. The lowest BCUT2D eigenvalue weighted by atomic mass is 9.85. The molecule has 0 radical (unpaired) electrons. The summed E-state index contributed by atoms with van der Waals surface area (Å²) in [6.07, 6.45) is 6.45. The number of likely N-dealkylation sites (tertiary alicyclic amines) is 1. The first-order valence-corrected chi connectivity index (χ1v) is 9.40. The second-order valence-electron chi connectivity index (χ2n) is 7.32. The minimum Gasteiger partial charge on any atom is -0.385 e. The molecule has 7 heteroatoms. The molecular formula is C18H37Cl2N3O2. The van der Waals surface area contributed by atoms with Gasteiger partial charge < -0.3 is 20.3 Å². The molecule has 0 bridgehead atoms. The average Bonchev–Trinajstić information content (AvgIpc) is 2.57. The van der Waals surface area contributed by atoms with Gasteiger partial charge in [-0.3, -0.25) is 4.79 Å². The van der Waals surface area contributed by atoms with E-state index >= 15 is 0 Å². The van der Waals surface area contributed by atoms with E-state index in [1.54, 1.807) is 7.11 Å². The fourth-order valence-corrected chi connectivity index (χ4v) is 3.84. The number of hydrogen-bond acceptors (Lipinski definition) is 4. The molecule has 150 valence electrons. The Hall–Kier alpha value is -0.0700. The molecular weight excluding hydrogens is 361 g/mol. The lowest BCUT2D eigenvalue weighted by Gasteiger charge is -2.33. The van der Waals surface area contributed by atoms with Crippen molar-refractivity contribution in [2.75, 3.05) is 46.4 Å². The van der Waals surface area contributed by atoms with Gasteiger partial charge in [0.05, 0.1) is 0 Å². The fraction of sp³-hybridized carbons (Fsp3) is 0.944. The van der Waals surface area contributed by atoms with E-state index in [2.05, 4.69) is 22.5 Å². The summed E-state index contributed by atoms with van der Waals surface area (Å²) in [5, 5.41) is 6.72. The third-order valence-corrected chi connectivity index (χ3v) is 5.42. The summed E-state index contributed by atoms with van der Waals surface area (Å²) in [5.41, 5.74) is 0. The number of piperidine rings is 2. The fourth-order valence-electron chi connectivity index (χ4n) is 3.84. The van der Waals surface area contributed by atoms with Gasteiger partial charge in [-0.15, -0.1) is 24.8 Å². The smallest absolute Gasteiger partial charge is 0.220 e. The quantitative estimate of drug-likeness (QED) is 0.617. The summed E-state index contributed by atoms with van der Waals surface area (Å²) in [6.45, 7) is 8.58. The molecule has 0 saturated carbocycles. The molecule has 0 aromatic rings. The van der Waals surface area contributed by atoms with E-state index < -0.39 is 0 Å². The highest BCUT2D eigenvalue weighted by atomic mass is 35.5. The molecule has 0 spiro atoms. The molecule has 25 heavy (non-hydrogen) atoms. The van der Waals surface area contributed by atoms with Crippen molar-refractivity contribution in [3.8, 4) is 0 Å². The van der Waals surface area contributed by atoms with Crippen LogP contribution < -0.4 is 10.6 Å². The summed E-state index contributed by atoms with van der Waals surface area (Å²) in [5.74, 6) is 1.40. The van der Waals surface area contributed by atoms with E-state index in [1.165, 1.54) is 12.8 Å². The number of nitrogens with one attached hydrogen (secondary N) is 2. The number of hydrogen-bond donors (Lipinski definition) is 2. The van der Waals surface area contributed by atoms with Crippen LogP contribution in [-0.4, -0.2) is 63.3 Å². The lowest BCUT2D eigenvalue weighted by molar-refractivity contribution is -0.123. The number of carbonyl (C=O) groups is 1. The summed E-state index contributed by atoms with van der Waals surface area (Å²) in [4.78, 5) is 14.8. The first-order chi connectivity index (χ1) is 11.2. The van der Waals surface area contributed by atoms with Gasteiger partial charge in [-0.25, -0.2) is 0 Å². The van der Waals surface area contributed by atoms with Crippen LogP contribution >= 0.6 is 24.8 Å². The van der Waals surface area contributed by atoms with Crippen molar-refractivity contribution in [1.29, 1.82) is 0 Å². The van der Waals surface area contributed by atoms with Crippen LogP contribution in [0.15, 0.2) is 0 Å². The predicted molar refractivity (Wildman–Crippen MR) is 108 cm³/mol. The Morgan fingerprint density at radius 2 is 2.00 bits per heavy atom. The molecule has 2 saturated heterocycles. The van der Waals surface area contributed by atoms with E-state index in [1.807, 2.05) is 0 Å². The van der Waals surface area contributed by atoms with Crippen LogP contribution in [0.1, 0.15) is 45.4 Å². The third kappa shape index (κ3) is 9.43. The van der Waals surface area contributed by atoms with Crippen LogP contribution in [0.25, 0.3) is 0 Å². The zero-order valence-corrected chi connectivity index (χ0v) is 17.4. The molecule has 2 atom stereocenters. The third-order valence-electron chi connectivity index (χ3n) is 5.42. The number of ether oxygens (including phenoxy) is 1. The Balaban J connectivity index is 0.00000288. The van der Waals surface area contributed by atoms with Crippen molar-refractivity contribution in [2.45, 2.75) is 51.5 Å². The molecule has 2 aliphatic heterocycles. The second kappa shape index (κ2) is 14.0. The van der Waals surface area contributed by atoms with Crippen LogP contribution in [-0.2, 0) is 9.53 Å². The van der Waals surface area contributed by atoms with Crippen molar-refractivity contribution < 1.29 is 9.53 Å². The molecule has 2 unspecified atom stereocenters. The number of carbonyl (C=O) groups excluding carboxylic acids is 1. The minimum absolute atomic E-state index is 0. The van der Waals surface area contributed by atoms with Crippen molar-refractivity contribution >= 4 is 30.7 Å². The zero-order chi connectivity index (χ0) is 16.5. The number of halogens is 2. The lowest BCUT2D eigenvalue weighted by Crippen LogP contribution is -2.45. The second-order valence-corrected chi connectivity index (χ2v) is 7.32. The summed E-state index contributed by atoms with van der Waals surface area (Å²) >= 11 is 0. The predicted octanol–water partition coefficient (Wildman–Crippen LogP) is 2.47. The molecule has 2 N–H and O–H groups in total. The maximum absolute atomic E-state index is 12.3. The SMILES string of the molecule is COCCCN1CCC(NC(=O)CC(C)C2CCCNC2)CC1.Cl.Cl. The van der Waals surface area contributed by atoms with Crippen LogP contribution in [0.4, 0.5) is 0 Å². The van der Waals surface area contributed by atoms with Crippen molar-refractivity contribution in [1.82, 2.24) is 15.5 Å². The number of amides is 1. The number of methoxy groups -OCH3 is 1. The molecule has 5 nitrogen and oxygen atoms in total. The van der Waals surface area contributed by atoms with Gasteiger partial charge in [-0.1, -0.05) is 6.92 Å². The summed E-state index contributed by atoms with van der Waals surface area (Å²) < 4.78 is 5.11. The molecule has 2 heterocycles. The zero-order valence-electron chi connectivity index (χ0n) is 15.8. The van der Waals surface area contributed by atoms with Gasteiger partial charge in [-0.2, -0.15) is 0 Å². The van der Waals surface area contributed by atoms with Crippen LogP contribution in [0.3, 0.4) is 0 Å². The van der Waals surface area contributed by atoms with Gasteiger partial charge in [0.1, 0.15) is 0 Å². The molecule has 0 aromatic carbocycles. The summed E-state index contributed by atoms with van der Waals surface area (Å²) in [7, 11) is 1.76. The minimum atomic E-state index is 0. The maximum Gasteiger partial charge on any atom is 0.220 e. The van der Waals surface area contributed by atoms with Crippen molar-refractivity contribution in [3.63, 3.8) is 0 Å². The Morgan fingerprint density at radius 1 is 1.28 bits per heavy atom. The Labute approximate surface area is 165 Å². The molecule has 2 fully saturated rings. The highest BCUT2D eigenvalue weighted by Crippen LogP contribution is 2.22. The monoisotopic (exact) mass is 397 g/mol. The molecule has 2 aliphatic rings.